The van der Waals surface area contributed by atoms with E-state index in [9.17, 15) is 22.8 Å². The van der Waals surface area contributed by atoms with Crippen LogP contribution in [0.25, 0.3) is 0 Å². The standard InChI is InChI=1S/C15H18N2O5S2/c18-13-3-4-14(19)17(13)10-15(20)16-6-5-12(11-2-1-8-23-11)24(21,22)9-7-16/h1-2,8,12H,3-7,9-10H2. The normalized spacial score (nSPS) is 24.2. The average Bonchev–Trinajstić information content (AvgIpc) is 3.12. The molecule has 24 heavy (non-hydrogen) atoms. The summed E-state index contributed by atoms with van der Waals surface area (Å²) in [4.78, 5) is 38.8. The lowest BCUT2D eigenvalue weighted by molar-refractivity contribution is -0.145. The van der Waals surface area contributed by atoms with Crippen LogP contribution in [0.3, 0.4) is 0 Å². The van der Waals surface area contributed by atoms with Crippen molar-refractivity contribution in [1.29, 1.82) is 0 Å². The highest BCUT2D eigenvalue weighted by Crippen LogP contribution is 2.32. The summed E-state index contributed by atoms with van der Waals surface area (Å²) in [5, 5.41) is 1.24. The van der Waals surface area contributed by atoms with Crippen LogP contribution in [0.2, 0.25) is 0 Å². The van der Waals surface area contributed by atoms with E-state index < -0.39 is 15.1 Å². The molecule has 0 spiro atoms. The molecule has 0 aromatic carbocycles. The minimum absolute atomic E-state index is 0.0965. The van der Waals surface area contributed by atoms with Crippen molar-refractivity contribution in [2.45, 2.75) is 24.5 Å². The van der Waals surface area contributed by atoms with Crippen molar-refractivity contribution in [2.75, 3.05) is 25.4 Å². The quantitative estimate of drug-likeness (QED) is 0.726. The maximum Gasteiger partial charge on any atom is 0.242 e. The molecule has 2 aliphatic rings. The van der Waals surface area contributed by atoms with Gasteiger partial charge in [-0.2, -0.15) is 0 Å². The number of nitrogens with zero attached hydrogens (tertiary/aromatic N) is 2. The van der Waals surface area contributed by atoms with E-state index in [1.54, 1.807) is 6.07 Å². The van der Waals surface area contributed by atoms with E-state index in [1.165, 1.54) is 16.2 Å². The molecule has 1 aromatic heterocycles. The molecule has 3 rings (SSSR count). The van der Waals surface area contributed by atoms with Crippen LogP contribution in [0.5, 0.6) is 0 Å². The van der Waals surface area contributed by atoms with Gasteiger partial charge in [0.1, 0.15) is 6.54 Å². The summed E-state index contributed by atoms with van der Waals surface area (Å²) in [5.41, 5.74) is 0. The Kier molecular flexibility index (Phi) is 4.73. The molecule has 0 radical (unpaired) electrons. The topological polar surface area (TPSA) is 91.8 Å². The minimum Gasteiger partial charge on any atom is -0.340 e. The highest BCUT2D eigenvalue weighted by Gasteiger charge is 2.35. The van der Waals surface area contributed by atoms with Gasteiger partial charge in [0.2, 0.25) is 17.7 Å². The lowest BCUT2D eigenvalue weighted by atomic mass is 10.2. The minimum atomic E-state index is -3.33. The second kappa shape index (κ2) is 6.64. The van der Waals surface area contributed by atoms with Crippen LogP contribution < -0.4 is 0 Å². The lowest BCUT2D eigenvalue weighted by Crippen LogP contribution is -2.43. The second-order valence-corrected chi connectivity index (χ2v) is 9.20. The molecule has 130 valence electrons. The molecule has 1 aromatic rings. The predicted molar refractivity (Wildman–Crippen MR) is 88.0 cm³/mol. The number of carbonyl (C=O) groups is 3. The molecule has 0 N–H and O–H groups in total. The molecule has 3 amide bonds. The van der Waals surface area contributed by atoms with Gasteiger partial charge in [0.15, 0.2) is 9.84 Å². The number of sulfone groups is 1. The van der Waals surface area contributed by atoms with E-state index in [1.807, 2.05) is 11.4 Å². The Balaban J connectivity index is 1.69. The molecule has 7 nitrogen and oxygen atoms in total. The maximum atomic E-state index is 12.5. The molecule has 0 saturated carbocycles. The number of hydrogen-bond acceptors (Lipinski definition) is 6. The fourth-order valence-corrected chi connectivity index (χ4v) is 6.03. The number of imide groups is 1. The number of carbonyl (C=O) groups excluding carboxylic acids is 3. The largest absolute Gasteiger partial charge is 0.340 e. The van der Waals surface area contributed by atoms with Crippen LogP contribution in [0.1, 0.15) is 29.4 Å². The van der Waals surface area contributed by atoms with Crippen LogP contribution in [0.15, 0.2) is 17.5 Å². The van der Waals surface area contributed by atoms with Crippen LogP contribution in [-0.2, 0) is 24.2 Å². The summed E-state index contributed by atoms with van der Waals surface area (Å²) in [5.74, 6) is -1.16. The van der Waals surface area contributed by atoms with E-state index in [2.05, 4.69) is 0 Å². The van der Waals surface area contributed by atoms with Crippen molar-refractivity contribution in [2.24, 2.45) is 0 Å². The highest BCUT2D eigenvalue weighted by atomic mass is 32.2. The molecule has 0 aliphatic carbocycles. The van der Waals surface area contributed by atoms with Gasteiger partial charge in [-0.1, -0.05) is 6.07 Å². The summed E-state index contributed by atoms with van der Waals surface area (Å²) >= 11 is 1.40. The van der Waals surface area contributed by atoms with Crippen LogP contribution in [0.4, 0.5) is 0 Å². The van der Waals surface area contributed by atoms with Crippen molar-refractivity contribution >= 4 is 38.9 Å². The smallest absolute Gasteiger partial charge is 0.242 e. The van der Waals surface area contributed by atoms with E-state index in [4.69, 9.17) is 0 Å². The van der Waals surface area contributed by atoms with Crippen molar-refractivity contribution in [3.8, 4) is 0 Å². The molecule has 3 heterocycles. The number of hydrogen-bond donors (Lipinski definition) is 0. The molecule has 2 fully saturated rings. The van der Waals surface area contributed by atoms with E-state index in [0.717, 1.165) is 9.78 Å². The number of rotatable bonds is 3. The van der Waals surface area contributed by atoms with Crippen molar-refractivity contribution in [3.05, 3.63) is 22.4 Å². The van der Waals surface area contributed by atoms with E-state index in [0.29, 0.717) is 13.0 Å². The zero-order chi connectivity index (χ0) is 17.3. The van der Waals surface area contributed by atoms with E-state index in [-0.39, 0.29) is 49.4 Å². The first kappa shape index (κ1) is 17.1. The molecule has 1 atom stereocenters. The summed E-state index contributed by atoms with van der Waals surface area (Å²) in [7, 11) is -3.33. The summed E-state index contributed by atoms with van der Waals surface area (Å²) in [6.07, 6.45) is 0.609. The second-order valence-electron chi connectivity index (χ2n) is 5.91. The van der Waals surface area contributed by atoms with Gasteiger partial charge in [-0.05, 0) is 17.9 Å². The Morgan fingerprint density at radius 1 is 1.21 bits per heavy atom. The molecule has 9 heteroatoms. The molecule has 2 aliphatic heterocycles. The molecular weight excluding hydrogens is 352 g/mol. The summed E-state index contributed by atoms with van der Waals surface area (Å²) in [6.45, 7) is 0.109. The van der Waals surface area contributed by atoms with Gasteiger partial charge in [0.25, 0.3) is 0 Å². The van der Waals surface area contributed by atoms with Crippen LogP contribution >= 0.6 is 11.3 Å². The maximum absolute atomic E-state index is 12.5. The fraction of sp³-hybridized carbons (Fsp3) is 0.533. The third kappa shape index (κ3) is 3.36. The van der Waals surface area contributed by atoms with Crippen LogP contribution in [-0.4, -0.2) is 61.3 Å². The summed E-state index contributed by atoms with van der Waals surface area (Å²) < 4.78 is 24.9. The summed E-state index contributed by atoms with van der Waals surface area (Å²) in [6, 6.07) is 3.61. The zero-order valence-electron chi connectivity index (χ0n) is 13.0. The SMILES string of the molecule is O=C(CN1C(=O)CCC1=O)N1CCC(c2cccs2)S(=O)(=O)CC1. The average molecular weight is 370 g/mol. The molecular formula is C15H18N2O5S2. The van der Waals surface area contributed by atoms with E-state index >= 15 is 0 Å². The predicted octanol–water partition coefficient (Wildman–Crippen LogP) is 0.585. The van der Waals surface area contributed by atoms with Crippen LogP contribution in [0, 0.1) is 0 Å². The monoisotopic (exact) mass is 370 g/mol. The Labute approximate surface area is 144 Å². The fourth-order valence-electron chi connectivity index (χ4n) is 3.02. The highest BCUT2D eigenvalue weighted by molar-refractivity contribution is 7.91. The number of thiophene rings is 1. The first-order valence-electron chi connectivity index (χ1n) is 7.74. The molecule has 1 unspecified atom stereocenters. The van der Waals surface area contributed by atoms with Gasteiger partial charge in [-0.3, -0.25) is 19.3 Å². The van der Waals surface area contributed by atoms with Crippen molar-refractivity contribution in [3.63, 3.8) is 0 Å². The van der Waals surface area contributed by atoms with Gasteiger partial charge in [-0.25, -0.2) is 8.42 Å². The Morgan fingerprint density at radius 3 is 2.54 bits per heavy atom. The first-order valence-corrected chi connectivity index (χ1v) is 10.3. The van der Waals surface area contributed by atoms with Gasteiger partial charge in [0.05, 0.1) is 11.0 Å². The van der Waals surface area contributed by atoms with Crippen molar-refractivity contribution in [1.82, 2.24) is 9.80 Å². The molecule has 0 bridgehead atoms. The first-order chi connectivity index (χ1) is 11.4. The Bertz CT molecular complexity index is 741. The van der Waals surface area contributed by atoms with Gasteiger partial charge in [0, 0.05) is 30.8 Å². The number of likely N-dealkylation sites (tertiary alicyclic amines) is 1. The van der Waals surface area contributed by atoms with Crippen molar-refractivity contribution < 1.29 is 22.8 Å². The third-order valence-corrected chi connectivity index (χ3v) is 7.65. The Morgan fingerprint density at radius 2 is 1.92 bits per heavy atom. The number of amides is 3. The third-order valence-electron chi connectivity index (χ3n) is 4.40. The van der Waals surface area contributed by atoms with Gasteiger partial charge < -0.3 is 4.90 Å². The zero-order valence-corrected chi connectivity index (χ0v) is 14.6. The van der Waals surface area contributed by atoms with Gasteiger partial charge >= 0.3 is 0 Å². The molecule has 2 saturated heterocycles. The Hall–Kier alpha value is -1.74. The lowest BCUT2D eigenvalue weighted by Gasteiger charge is -2.22. The van der Waals surface area contributed by atoms with Gasteiger partial charge in [-0.15, -0.1) is 11.3 Å².